The molecular weight excluding hydrogens is 300 g/mol. The van der Waals surface area contributed by atoms with Gasteiger partial charge in [-0.25, -0.2) is 4.98 Å². The van der Waals surface area contributed by atoms with Crippen molar-refractivity contribution in [2.24, 2.45) is 5.92 Å². The molecule has 0 aliphatic carbocycles. The van der Waals surface area contributed by atoms with Crippen LogP contribution in [0.5, 0.6) is 0 Å². The van der Waals surface area contributed by atoms with Gasteiger partial charge in [0.05, 0.1) is 19.8 Å². The van der Waals surface area contributed by atoms with E-state index >= 15 is 0 Å². The molecule has 0 radical (unpaired) electrons. The number of halogens is 1. The smallest absolute Gasteiger partial charge is 0.139 e. The maximum absolute atomic E-state index is 6.32. The highest BCUT2D eigenvalue weighted by molar-refractivity contribution is 6.34. The molecule has 1 fully saturated rings. The average Bonchev–Trinajstić information content (AvgIpc) is 3.00. The third kappa shape index (κ3) is 3.51. The number of nitrogens with zero attached hydrogens (tertiary/aromatic N) is 2. The molecule has 3 rings (SSSR count). The molecular formula is C17H21ClN2O2. The zero-order chi connectivity index (χ0) is 15.4. The minimum Gasteiger partial charge on any atom is -0.382 e. The largest absolute Gasteiger partial charge is 0.382 e. The minimum absolute atomic E-state index is 0.545. The van der Waals surface area contributed by atoms with Gasteiger partial charge in [0.2, 0.25) is 0 Å². The first-order valence-corrected chi connectivity index (χ1v) is 8.02. The summed E-state index contributed by atoms with van der Waals surface area (Å²) in [6, 6.07) is 10.2. The van der Waals surface area contributed by atoms with E-state index in [1.165, 1.54) is 0 Å². The van der Waals surface area contributed by atoms with E-state index in [1.807, 2.05) is 18.2 Å². The van der Waals surface area contributed by atoms with Crippen LogP contribution in [0.4, 0.5) is 5.82 Å². The van der Waals surface area contributed by atoms with Crippen LogP contribution >= 0.6 is 11.6 Å². The van der Waals surface area contributed by atoms with Crippen molar-refractivity contribution in [3.05, 3.63) is 35.5 Å². The van der Waals surface area contributed by atoms with Gasteiger partial charge in [0.25, 0.3) is 0 Å². The highest BCUT2D eigenvalue weighted by atomic mass is 35.5. The standard InChI is InChI=1S/C17H21ClN2O2/c1-21-8-9-22-12-13-6-7-20(11-13)16-10-14-4-2-3-5-15(14)17(18)19-16/h2-5,10,13H,6-9,11-12H2,1H3. The fourth-order valence-corrected chi connectivity index (χ4v) is 3.13. The summed E-state index contributed by atoms with van der Waals surface area (Å²) in [4.78, 5) is 6.85. The maximum Gasteiger partial charge on any atom is 0.139 e. The molecule has 1 unspecified atom stereocenters. The van der Waals surface area contributed by atoms with Gasteiger partial charge in [-0.15, -0.1) is 0 Å². The average molecular weight is 321 g/mol. The van der Waals surface area contributed by atoms with Crippen molar-refractivity contribution in [3.63, 3.8) is 0 Å². The first-order chi connectivity index (χ1) is 10.8. The summed E-state index contributed by atoms with van der Waals surface area (Å²) in [5.41, 5.74) is 0. The first kappa shape index (κ1) is 15.5. The highest BCUT2D eigenvalue weighted by Gasteiger charge is 2.24. The van der Waals surface area contributed by atoms with Gasteiger partial charge >= 0.3 is 0 Å². The van der Waals surface area contributed by atoms with E-state index in [2.05, 4.69) is 22.0 Å². The van der Waals surface area contributed by atoms with Crippen LogP contribution in [0.25, 0.3) is 10.8 Å². The van der Waals surface area contributed by atoms with Gasteiger partial charge in [-0.2, -0.15) is 0 Å². The van der Waals surface area contributed by atoms with E-state index in [9.17, 15) is 0 Å². The van der Waals surface area contributed by atoms with Gasteiger partial charge in [0.1, 0.15) is 11.0 Å². The van der Waals surface area contributed by atoms with E-state index in [0.29, 0.717) is 24.3 Å². The van der Waals surface area contributed by atoms with Crippen LogP contribution in [0.1, 0.15) is 6.42 Å². The number of aromatic nitrogens is 1. The monoisotopic (exact) mass is 320 g/mol. The molecule has 2 heterocycles. The lowest BCUT2D eigenvalue weighted by atomic mass is 10.1. The van der Waals surface area contributed by atoms with Crippen molar-refractivity contribution in [3.8, 4) is 0 Å². The summed E-state index contributed by atoms with van der Waals surface area (Å²) in [7, 11) is 1.69. The Morgan fingerprint density at radius 2 is 2.18 bits per heavy atom. The lowest BCUT2D eigenvalue weighted by Crippen LogP contribution is -2.22. The molecule has 1 aromatic carbocycles. The molecule has 0 saturated carbocycles. The second-order valence-electron chi connectivity index (χ2n) is 5.66. The topological polar surface area (TPSA) is 34.6 Å². The van der Waals surface area contributed by atoms with Gasteiger partial charge in [-0.1, -0.05) is 35.9 Å². The van der Waals surface area contributed by atoms with E-state index in [-0.39, 0.29) is 0 Å². The van der Waals surface area contributed by atoms with Crippen molar-refractivity contribution >= 4 is 28.2 Å². The van der Waals surface area contributed by atoms with Crippen LogP contribution in [-0.4, -0.2) is 45.0 Å². The van der Waals surface area contributed by atoms with E-state index in [1.54, 1.807) is 7.11 Å². The van der Waals surface area contributed by atoms with Gasteiger partial charge in [0, 0.05) is 31.5 Å². The zero-order valence-corrected chi connectivity index (χ0v) is 13.6. The van der Waals surface area contributed by atoms with Crippen molar-refractivity contribution in [1.29, 1.82) is 0 Å². The third-order valence-electron chi connectivity index (χ3n) is 4.08. The molecule has 1 aliphatic rings. The molecule has 1 aliphatic heterocycles. The Labute approximate surface area is 136 Å². The number of anilines is 1. The van der Waals surface area contributed by atoms with Crippen molar-refractivity contribution in [2.45, 2.75) is 6.42 Å². The van der Waals surface area contributed by atoms with Crippen LogP contribution in [0.15, 0.2) is 30.3 Å². The molecule has 118 valence electrons. The predicted octanol–water partition coefficient (Wildman–Crippen LogP) is 3.38. The number of hydrogen-bond donors (Lipinski definition) is 0. The number of hydrogen-bond acceptors (Lipinski definition) is 4. The molecule has 2 aromatic rings. The second-order valence-corrected chi connectivity index (χ2v) is 6.02. The third-order valence-corrected chi connectivity index (χ3v) is 4.36. The normalized spacial score (nSPS) is 18.3. The molecule has 0 bridgehead atoms. The van der Waals surface area contributed by atoms with E-state index in [0.717, 1.165) is 42.7 Å². The number of fused-ring (bicyclic) bond motifs is 1. The SMILES string of the molecule is COCCOCC1CCN(c2cc3ccccc3c(Cl)n2)C1. The van der Waals surface area contributed by atoms with Gasteiger partial charge in [0.15, 0.2) is 0 Å². The maximum atomic E-state index is 6.32. The van der Waals surface area contributed by atoms with Crippen molar-refractivity contribution < 1.29 is 9.47 Å². The summed E-state index contributed by atoms with van der Waals surface area (Å²) in [5.74, 6) is 1.51. The second kappa shape index (κ2) is 7.27. The van der Waals surface area contributed by atoms with Gasteiger partial charge in [-0.05, 0) is 17.9 Å². The summed E-state index contributed by atoms with van der Waals surface area (Å²) >= 11 is 6.32. The number of rotatable bonds is 6. The molecule has 1 saturated heterocycles. The number of methoxy groups -OCH3 is 1. The molecule has 0 spiro atoms. The Bertz CT molecular complexity index is 635. The quantitative estimate of drug-likeness (QED) is 0.603. The van der Waals surface area contributed by atoms with E-state index < -0.39 is 0 Å². The van der Waals surface area contributed by atoms with Gasteiger partial charge < -0.3 is 14.4 Å². The van der Waals surface area contributed by atoms with Crippen LogP contribution in [0.3, 0.4) is 0 Å². The summed E-state index contributed by atoms with van der Waals surface area (Å²) < 4.78 is 10.6. The fourth-order valence-electron chi connectivity index (χ4n) is 2.87. The Morgan fingerprint density at radius 1 is 1.32 bits per heavy atom. The molecule has 5 heteroatoms. The van der Waals surface area contributed by atoms with Crippen LogP contribution < -0.4 is 4.90 Å². The number of ether oxygens (including phenoxy) is 2. The Kier molecular flexibility index (Phi) is 5.13. The molecule has 0 amide bonds. The van der Waals surface area contributed by atoms with Crippen LogP contribution in [-0.2, 0) is 9.47 Å². The molecule has 1 atom stereocenters. The molecule has 4 nitrogen and oxygen atoms in total. The fraction of sp³-hybridized carbons (Fsp3) is 0.471. The van der Waals surface area contributed by atoms with E-state index in [4.69, 9.17) is 21.1 Å². The Morgan fingerprint density at radius 3 is 3.05 bits per heavy atom. The van der Waals surface area contributed by atoms with Gasteiger partial charge in [-0.3, -0.25) is 0 Å². The summed E-state index contributed by atoms with van der Waals surface area (Å²) in [5, 5.41) is 2.72. The number of benzene rings is 1. The molecule has 0 N–H and O–H groups in total. The lowest BCUT2D eigenvalue weighted by Gasteiger charge is -2.18. The highest BCUT2D eigenvalue weighted by Crippen LogP contribution is 2.29. The Hall–Kier alpha value is -1.36. The zero-order valence-electron chi connectivity index (χ0n) is 12.8. The molecule has 1 aromatic heterocycles. The minimum atomic E-state index is 0.545. The molecule has 22 heavy (non-hydrogen) atoms. The summed E-state index contributed by atoms with van der Waals surface area (Å²) in [6.07, 6.45) is 1.12. The summed E-state index contributed by atoms with van der Waals surface area (Å²) in [6.45, 7) is 4.06. The first-order valence-electron chi connectivity index (χ1n) is 7.65. The number of pyridine rings is 1. The predicted molar refractivity (Wildman–Crippen MR) is 89.8 cm³/mol. The van der Waals surface area contributed by atoms with Crippen LogP contribution in [0, 0.1) is 5.92 Å². The lowest BCUT2D eigenvalue weighted by molar-refractivity contribution is 0.0549. The van der Waals surface area contributed by atoms with Crippen molar-refractivity contribution in [1.82, 2.24) is 4.98 Å². The van der Waals surface area contributed by atoms with Crippen molar-refractivity contribution in [2.75, 3.05) is 44.9 Å². The Balaban J connectivity index is 1.65. The van der Waals surface area contributed by atoms with Crippen LogP contribution in [0.2, 0.25) is 5.15 Å².